The summed E-state index contributed by atoms with van der Waals surface area (Å²) in [4.78, 5) is 18.3. The van der Waals surface area contributed by atoms with Gasteiger partial charge in [-0.15, -0.1) is 0 Å². The second-order valence-corrected chi connectivity index (χ2v) is 12.5. The molecule has 5 aromatic rings. The van der Waals surface area contributed by atoms with Crippen LogP contribution in [-0.2, 0) is 0 Å². The molecule has 3 aliphatic rings. The normalized spacial score (nSPS) is 15.9. The monoisotopic (exact) mass is 572 g/mol. The van der Waals surface area contributed by atoms with E-state index in [0.717, 1.165) is 54.4 Å². The van der Waals surface area contributed by atoms with Crippen molar-refractivity contribution in [2.75, 3.05) is 14.1 Å². The molecular weight excluding hydrogens is 549 g/mol. The van der Waals surface area contributed by atoms with Crippen molar-refractivity contribution in [2.45, 2.75) is 19.6 Å². The van der Waals surface area contributed by atoms with Crippen LogP contribution in [-0.4, -0.2) is 25.2 Å². The Morgan fingerprint density at radius 2 is 1.49 bits per heavy atom. The molecule has 1 unspecified atom stereocenters. The van der Waals surface area contributed by atoms with Crippen molar-refractivity contribution in [3.8, 4) is 11.5 Å². The zero-order chi connectivity index (χ0) is 27.8. The molecular formula is C34H24N2O3S2+2. The number of hydrogen-bond acceptors (Lipinski definition) is 4. The maximum atomic E-state index is 12.5. The number of rotatable bonds is 2. The molecule has 0 aliphatic carbocycles. The van der Waals surface area contributed by atoms with Crippen LogP contribution in [0.2, 0.25) is 0 Å². The van der Waals surface area contributed by atoms with Gasteiger partial charge in [0.05, 0.1) is 38.3 Å². The quantitative estimate of drug-likeness (QED) is 0.265. The first-order valence-corrected chi connectivity index (χ1v) is 15.0. The number of nitrogens with one attached hydrogen (secondary N) is 1. The molecule has 1 atom stereocenters. The molecule has 0 aromatic heterocycles. The van der Waals surface area contributed by atoms with E-state index >= 15 is 0 Å². The van der Waals surface area contributed by atoms with Gasteiger partial charge in [0, 0.05) is 34.6 Å². The van der Waals surface area contributed by atoms with Crippen molar-refractivity contribution < 1.29 is 19.5 Å². The Balaban J connectivity index is 1.45. The first kappa shape index (κ1) is 24.5. The Hall–Kier alpha value is -4.30. The van der Waals surface area contributed by atoms with Crippen LogP contribution in [0.1, 0.15) is 21.5 Å². The van der Waals surface area contributed by atoms with E-state index in [1.54, 1.807) is 35.7 Å². The van der Waals surface area contributed by atoms with E-state index in [1.165, 1.54) is 20.4 Å². The first-order valence-electron chi connectivity index (χ1n) is 13.3. The number of nitrogens with zero attached hydrogens (tertiary/aromatic N) is 1. The molecule has 41 heavy (non-hydrogen) atoms. The minimum Gasteiger partial charge on any atom is -0.478 e. The molecule has 3 heterocycles. The van der Waals surface area contributed by atoms with E-state index in [9.17, 15) is 9.90 Å². The Labute approximate surface area is 245 Å². The smallest absolute Gasteiger partial charge is 0.336 e. The third-order valence-electron chi connectivity index (χ3n) is 8.05. The van der Waals surface area contributed by atoms with Crippen LogP contribution >= 0.6 is 23.5 Å². The zero-order valence-electron chi connectivity index (χ0n) is 22.3. The Kier molecular flexibility index (Phi) is 5.44. The fourth-order valence-corrected chi connectivity index (χ4v) is 8.41. The van der Waals surface area contributed by atoms with Gasteiger partial charge in [0.2, 0.25) is 11.0 Å². The fourth-order valence-electron chi connectivity index (χ4n) is 6.03. The molecule has 0 radical (unpaired) electrons. The van der Waals surface area contributed by atoms with Crippen LogP contribution in [0.5, 0.6) is 11.5 Å². The Morgan fingerprint density at radius 3 is 2.34 bits per heavy atom. The standard InChI is InChI=1S/C34H22N2O3S2/c1-35-23-11-5-7-13-29(23)40-31-15-21-27(17-25(31)35)39-28-18-26-32(41-30-14-8-6-12-24(30)36(26)2)16-22(28)33(21)19-9-3-4-10-20(19)34(37)38/h3-18H,1-2H3/p+2. The van der Waals surface area contributed by atoms with Crippen molar-refractivity contribution in [3.05, 3.63) is 124 Å². The lowest BCUT2D eigenvalue weighted by Crippen LogP contribution is -2.99. The molecule has 7 heteroatoms. The summed E-state index contributed by atoms with van der Waals surface area (Å²) in [6, 6.07) is 32.7. The number of para-hydroxylation sites is 2. The summed E-state index contributed by atoms with van der Waals surface area (Å²) in [5.74, 6) is 0.506. The van der Waals surface area contributed by atoms with E-state index in [4.69, 9.17) is 4.74 Å². The molecule has 0 saturated carbocycles. The second-order valence-electron chi connectivity index (χ2n) is 10.3. The van der Waals surface area contributed by atoms with Gasteiger partial charge in [-0.3, -0.25) is 4.90 Å². The number of hydrogen-bond donors (Lipinski definition) is 2. The summed E-state index contributed by atoms with van der Waals surface area (Å²) in [5.41, 5.74) is 6.25. The predicted molar refractivity (Wildman–Crippen MR) is 161 cm³/mol. The maximum Gasteiger partial charge on any atom is 0.336 e. The van der Waals surface area contributed by atoms with Crippen LogP contribution in [0, 0.1) is 0 Å². The number of carbonyl (C=O) groups is 1. The van der Waals surface area contributed by atoms with Crippen molar-refractivity contribution in [2.24, 2.45) is 0 Å². The second kappa shape index (κ2) is 9.11. The highest BCUT2D eigenvalue weighted by molar-refractivity contribution is 7.99. The first-order chi connectivity index (χ1) is 20.0. The average molecular weight is 573 g/mol. The molecule has 0 bridgehead atoms. The summed E-state index contributed by atoms with van der Waals surface area (Å²) >= 11 is 3.48. The van der Waals surface area contributed by atoms with Crippen LogP contribution in [0.25, 0.3) is 5.57 Å². The largest absolute Gasteiger partial charge is 0.478 e. The molecule has 8 rings (SSSR count). The summed E-state index contributed by atoms with van der Waals surface area (Å²) in [6.45, 7) is 0. The van der Waals surface area contributed by atoms with Crippen molar-refractivity contribution in [3.63, 3.8) is 0 Å². The van der Waals surface area contributed by atoms with E-state index in [-0.39, 0.29) is 5.56 Å². The molecule has 0 spiro atoms. The number of carboxylic acid groups (broad SMARTS) is 1. The molecule has 5 aromatic carbocycles. The highest BCUT2D eigenvalue weighted by Crippen LogP contribution is 2.47. The van der Waals surface area contributed by atoms with E-state index < -0.39 is 5.97 Å². The minimum absolute atomic E-state index is 0.271. The fraction of sp³-hybridized carbons (Fsp3) is 0.0588. The number of benzene rings is 5. The molecule has 198 valence electrons. The number of fused-ring (bicyclic) bond motifs is 6. The third-order valence-corrected chi connectivity index (χ3v) is 10.3. The third kappa shape index (κ3) is 3.70. The number of quaternary nitrogens is 1. The average Bonchev–Trinajstić information content (AvgIpc) is 2.99. The van der Waals surface area contributed by atoms with Crippen molar-refractivity contribution in [1.29, 1.82) is 0 Å². The lowest BCUT2D eigenvalue weighted by Gasteiger charge is -2.28. The summed E-state index contributed by atoms with van der Waals surface area (Å²) in [7, 11) is 4.24. The maximum absolute atomic E-state index is 12.5. The lowest BCUT2D eigenvalue weighted by atomic mass is 9.89. The van der Waals surface area contributed by atoms with E-state index in [2.05, 4.69) is 91.5 Å². The van der Waals surface area contributed by atoms with Gasteiger partial charge in [-0.1, -0.05) is 66.0 Å². The van der Waals surface area contributed by atoms with Gasteiger partial charge < -0.3 is 9.84 Å². The van der Waals surface area contributed by atoms with Gasteiger partial charge in [-0.05, 0) is 35.9 Å². The van der Waals surface area contributed by atoms with Crippen molar-refractivity contribution >= 4 is 52.1 Å². The highest BCUT2D eigenvalue weighted by Gasteiger charge is 2.33. The van der Waals surface area contributed by atoms with Gasteiger partial charge in [0.1, 0.15) is 24.2 Å². The van der Waals surface area contributed by atoms with Crippen LogP contribution in [0.4, 0.5) is 17.1 Å². The van der Waals surface area contributed by atoms with E-state index in [1.807, 2.05) is 12.1 Å². The summed E-state index contributed by atoms with van der Waals surface area (Å²) in [5, 5.41) is 12.2. The minimum atomic E-state index is -0.950. The Bertz CT molecular complexity index is 2100. The number of carboxylic acids is 1. The molecule has 0 saturated heterocycles. The van der Waals surface area contributed by atoms with Crippen LogP contribution < -0.4 is 24.8 Å². The topological polar surface area (TPSA) is 54.0 Å². The van der Waals surface area contributed by atoms with Gasteiger partial charge in [0.25, 0.3) is 0 Å². The van der Waals surface area contributed by atoms with E-state index in [0.29, 0.717) is 5.56 Å². The van der Waals surface area contributed by atoms with Gasteiger partial charge in [-0.25, -0.2) is 4.79 Å². The number of ether oxygens (including phenoxy) is 1. The lowest BCUT2D eigenvalue weighted by molar-refractivity contribution is -0.739. The van der Waals surface area contributed by atoms with Gasteiger partial charge in [-0.2, -0.15) is 4.58 Å². The van der Waals surface area contributed by atoms with Gasteiger partial charge in [0.15, 0.2) is 5.69 Å². The molecule has 3 aliphatic heterocycles. The molecule has 5 nitrogen and oxygen atoms in total. The summed E-state index contributed by atoms with van der Waals surface area (Å²) < 4.78 is 8.91. The molecule has 0 fully saturated rings. The highest BCUT2D eigenvalue weighted by atomic mass is 32.2. The predicted octanol–water partition coefficient (Wildman–Crippen LogP) is 5.60. The molecule has 0 amide bonds. The van der Waals surface area contributed by atoms with Gasteiger partial charge >= 0.3 is 5.97 Å². The molecule has 2 N–H and O–H groups in total. The number of aromatic carboxylic acids is 1. The van der Waals surface area contributed by atoms with Crippen LogP contribution in [0.3, 0.4) is 0 Å². The van der Waals surface area contributed by atoms with Crippen molar-refractivity contribution in [1.82, 2.24) is 4.58 Å². The summed E-state index contributed by atoms with van der Waals surface area (Å²) in [6.07, 6.45) is 0. The zero-order valence-corrected chi connectivity index (χ0v) is 23.9. The SMILES string of the molecule is C[N+]1=c2cc3c(cc2Sc2ccccc21)=C(c1ccccc1C(=O)O)c1cc2c(cc1O3)[NH+](C)c1ccccc1S2. The van der Waals surface area contributed by atoms with Crippen LogP contribution in [0.15, 0.2) is 117 Å². The Morgan fingerprint density at radius 1 is 0.756 bits per heavy atom.